The fraction of sp³-hybridized carbons (Fsp3) is 0.0217. The lowest BCUT2D eigenvalue weighted by atomic mass is 9.93. The lowest BCUT2D eigenvalue weighted by molar-refractivity contribution is 0.637. The highest BCUT2D eigenvalue weighted by Gasteiger charge is 2.20. The van der Waals surface area contributed by atoms with Crippen LogP contribution in [0.1, 0.15) is 18.1 Å². The van der Waals surface area contributed by atoms with Crippen LogP contribution < -0.4 is 5.73 Å². The second-order valence-electron chi connectivity index (χ2n) is 12.6. The van der Waals surface area contributed by atoms with Crippen molar-refractivity contribution in [2.75, 3.05) is 5.73 Å². The monoisotopic (exact) mass is 656 g/mol. The van der Waals surface area contributed by atoms with Crippen LogP contribution in [0.25, 0.3) is 83.4 Å². The van der Waals surface area contributed by atoms with Crippen LogP contribution in [-0.4, -0.2) is 15.0 Å². The molecule has 2 N–H and O–H groups in total. The summed E-state index contributed by atoms with van der Waals surface area (Å²) in [7, 11) is 0. The van der Waals surface area contributed by atoms with E-state index in [9.17, 15) is 0 Å². The van der Waals surface area contributed by atoms with E-state index < -0.39 is 0 Å². The third-order valence-corrected chi connectivity index (χ3v) is 9.49. The zero-order valence-electron chi connectivity index (χ0n) is 27.9. The molecule has 0 fully saturated rings. The maximum Gasteiger partial charge on any atom is 0.199 e. The highest BCUT2D eigenvalue weighted by molar-refractivity contribution is 6.06. The highest BCUT2D eigenvalue weighted by atomic mass is 16.3. The average molecular weight is 657 g/mol. The first-order valence-electron chi connectivity index (χ1n) is 17.0. The molecule has 0 aliphatic rings. The van der Waals surface area contributed by atoms with E-state index in [0.717, 1.165) is 60.9 Å². The van der Waals surface area contributed by atoms with Crippen LogP contribution >= 0.6 is 0 Å². The fourth-order valence-corrected chi connectivity index (χ4v) is 6.93. The Bertz CT molecular complexity index is 2760. The van der Waals surface area contributed by atoms with Crippen molar-refractivity contribution in [2.45, 2.75) is 6.92 Å². The second-order valence-corrected chi connectivity index (χ2v) is 12.6. The van der Waals surface area contributed by atoms with Crippen LogP contribution in [0.4, 0.5) is 5.88 Å². The van der Waals surface area contributed by atoms with Gasteiger partial charge < -0.3 is 10.2 Å². The van der Waals surface area contributed by atoms with Crippen LogP contribution in [0.2, 0.25) is 0 Å². The Morgan fingerprint density at radius 3 is 1.69 bits per heavy atom. The van der Waals surface area contributed by atoms with Crippen molar-refractivity contribution >= 4 is 44.0 Å². The molecule has 0 saturated heterocycles. The number of anilines is 1. The summed E-state index contributed by atoms with van der Waals surface area (Å²) in [5.74, 6) is 2.25. The number of nitrogens with two attached hydrogens (primary N) is 1. The van der Waals surface area contributed by atoms with Gasteiger partial charge in [0.2, 0.25) is 0 Å². The van der Waals surface area contributed by atoms with Gasteiger partial charge in [0, 0.05) is 27.6 Å². The molecule has 242 valence electrons. The van der Waals surface area contributed by atoms with Gasteiger partial charge in [-0.1, -0.05) is 152 Å². The molecule has 0 aliphatic carbocycles. The molecule has 2 aromatic heterocycles. The number of benzene rings is 7. The molecule has 9 rings (SSSR count). The topological polar surface area (TPSA) is 77.8 Å². The predicted molar refractivity (Wildman–Crippen MR) is 210 cm³/mol. The van der Waals surface area contributed by atoms with Gasteiger partial charge in [0.05, 0.1) is 5.56 Å². The third-order valence-electron chi connectivity index (χ3n) is 9.49. The SMILES string of the molecule is C/C=C(/c1ccc(-c2nc(-c3ccccc3)nc(-c3ccc4ccccc4c3)n2)cc1)c1c(N)oc2c(-c3ccc4ccccc4c3)cccc12. The number of nitrogen functional groups attached to an aromatic ring is 1. The smallest absolute Gasteiger partial charge is 0.199 e. The molecular formula is C46H32N4O. The molecule has 51 heavy (non-hydrogen) atoms. The van der Waals surface area contributed by atoms with E-state index in [2.05, 4.69) is 121 Å². The number of rotatable bonds is 6. The number of hydrogen-bond acceptors (Lipinski definition) is 5. The van der Waals surface area contributed by atoms with Crippen molar-refractivity contribution in [1.29, 1.82) is 0 Å². The summed E-state index contributed by atoms with van der Waals surface area (Å²) in [5.41, 5.74) is 15.2. The van der Waals surface area contributed by atoms with Gasteiger partial charge in [0.15, 0.2) is 23.4 Å². The van der Waals surface area contributed by atoms with Gasteiger partial charge in [-0.3, -0.25) is 0 Å². The van der Waals surface area contributed by atoms with Gasteiger partial charge in [-0.15, -0.1) is 0 Å². The van der Waals surface area contributed by atoms with Crippen LogP contribution in [0, 0.1) is 0 Å². The zero-order valence-corrected chi connectivity index (χ0v) is 27.9. The second kappa shape index (κ2) is 12.6. The summed E-state index contributed by atoms with van der Waals surface area (Å²) < 4.78 is 6.34. The lowest BCUT2D eigenvalue weighted by Crippen LogP contribution is -2.00. The molecule has 7 aromatic carbocycles. The Balaban J connectivity index is 1.10. The fourth-order valence-electron chi connectivity index (χ4n) is 6.93. The summed E-state index contributed by atoms with van der Waals surface area (Å²) >= 11 is 0. The number of nitrogens with zero attached hydrogens (tertiary/aromatic N) is 3. The van der Waals surface area contributed by atoms with Gasteiger partial charge in [-0.05, 0) is 57.3 Å². The first-order valence-corrected chi connectivity index (χ1v) is 17.0. The Kier molecular flexibility index (Phi) is 7.44. The van der Waals surface area contributed by atoms with Crippen molar-refractivity contribution in [1.82, 2.24) is 15.0 Å². The maximum absolute atomic E-state index is 6.67. The van der Waals surface area contributed by atoms with Crippen LogP contribution in [0.5, 0.6) is 0 Å². The molecule has 0 atom stereocenters. The van der Waals surface area contributed by atoms with Crippen LogP contribution in [-0.2, 0) is 0 Å². The molecular weight excluding hydrogens is 625 g/mol. The third kappa shape index (κ3) is 5.51. The minimum absolute atomic E-state index is 0.389. The average Bonchev–Trinajstić information content (AvgIpc) is 3.53. The summed E-state index contributed by atoms with van der Waals surface area (Å²) in [6, 6.07) is 54.1. The molecule has 0 unspecified atom stereocenters. The van der Waals surface area contributed by atoms with E-state index in [1.165, 1.54) is 16.2 Å². The van der Waals surface area contributed by atoms with E-state index >= 15 is 0 Å². The Labute approximate surface area is 295 Å². The highest BCUT2D eigenvalue weighted by Crippen LogP contribution is 2.41. The van der Waals surface area contributed by atoms with Gasteiger partial charge in [-0.2, -0.15) is 0 Å². The van der Waals surface area contributed by atoms with E-state index in [1.807, 2.05) is 49.4 Å². The predicted octanol–water partition coefficient (Wildman–Crippen LogP) is 11.6. The molecule has 0 amide bonds. The first kappa shape index (κ1) is 30.2. The van der Waals surface area contributed by atoms with Crippen LogP contribution in [0.3, 0.4) is 0 Å². The van der Waals surface area contributed by atoms with Gasteiger partial charge in [0.25, 0.3) is 0 Å². The minimum atomic E-state index is 0.389. The number of para-hydroxylation sites is 1. The molecule has 0 spiro atoms. The molecule has 0 radical (unpaired) electrons. The Morgan fingerprint density at radius 2 is 1.04 bits per heavy atom. The molecule has 2 heterocycles. The number of aromatic nitrogens is 3. The number of allylic oxidation sites excluding steroid dienone is 1. The number of fused-ring (bicyclic) bond motifs is 3. The molecule has 5 heteroatoms. The van der Waals surface area contributed by atoms with Crippen molar-refractivity contribution in [2.24, 2.45) is 0 Å². The normalized spacial score (nSPS) is 11.8. The van der Waals surface area contributed by atoms with Crippen molar-refractivity contribution < 1.29 is 4.42 Å². The molecule has 0 bridgehead atoms. The number of hydrogen-bond donors (Lipinski definition) is 1. The zero-order chi connectivity index (χ0) is 34.3. The minimum Gasteiger partial charge on any atom is -0.440 e. The number of furan rings is 1. The summed E-state index contributed by atoms with van der Waals surface area (Å²) in [5, 5.41) is 5.66. The molecule has 0 saturated carbocycles. The maximum atomic E-state index is 6.67. The van der Waals surface area contributed by atoms with Crippen molar-refractivity contribution in [3.05, 3.63) is 175 Å². The van der Waals surface area contributed by atoms with Crippen molar-refractivity contribution in [3.8, 4) is 45.3 Å². The largest absolute Gasteiger partial charge is 0.440 e. The molecule has 9 aromatic rings. The lowest BCUT2D eigenvalue weighted by Gasteiger charge is -2.11. The first-order chi connectivity index (χ1) is 25.1. The van der Waals surface area contributed by atoms with E-state index in [4.69, 9.17) is 25.1 Å². The van der Waals surface area contributed by atoms with Crippen molar-refractivity contribution in [3.63, 3.8) is 0 Å². The summed E-state index contributed by atoms with van der Waals surface area (Å²) in [6.07, 6.45) is 2.09. The van der Waals surface area contributed by atoms with Gasteiger partial charge >= 0.3 is 0 Å². The van der Waals surface area contributed by atoms with E-state index in [-0.39, 0.29) is 0 Å². The molecule has 5 nitrogen and oxygen atoms in total. The quantitative estimate of drug-likeness (QED) is 0.193. The van der Waals surface area contributed by atoms with E-state index in [1.54, 1.807) is 0 Å². The Hall–Kier alpha value is -6.85. The van der Waals surface area contributed by atoms with Gasteiger partial charge in [-0.25, -0.2) is 15.0 Å². The summed E-state index contributed by atoms with van der Waals surface area (Å²) in [4.78, 5) is 14.9. The molecule has 0 aliphatic heterocycles. The summed E-state index contributed by atoms with van der Waals surface area (Å²) in [6.45, 7) is 2.03. The van der Waals surface area contributed by atoms with Crippen LogP contribution in [0.15, 0.2) is 168 Å². The standard InChI is InChI=1S/C46H32N4O/c1-2-38(41-40-18-10-17-39(42(40)51-43(41)47)36-25-19-29-11-6-8-15-34(29)27-36)31-21-23-33(24-22-31)45-48-44(32-13-4-3-5-14-32)49-46(50-45)37-26-20-30-12-7-9-16-35(30)28-37/h2-28H,47H2,1H3/b38-2-. The Morgan fingerprint density at radius 1 is 0.510 bits per heavy atom. The van der Waals surface area contributed by atoms with Gasteiger partial charge in [0.1, 0.15) is 5.58 Å². The van der Waals surface area contributed by atoms with E-state index in [0.29, 0.717) is 23.4 Å².